The molecule has 0 amide bonds. The number of carbonyl (C=O) groups excluding carboxylic acids is 1. The second-order valence-corrected chi connectivity index (χ2v) is 3.18. The molecule has 0 aliphatic carbocycles. The lowest BCUT2D eigenvalue weighted by atomic mass is 10.1. The third-order valence-corrected chi connectivity index (χ3v) is 1.83. The summed E-state index contributed by atoms with van der Waals surface area (Å²) in [4.78, 5) is 10.6. The van der Waals surface area contributed by atoms with Crippen molar-refractivity contribution < 1.29 is 22.4 Å². The quantitative estimate of drug-likeness (QED) is 0.563. The van der Waals surface area contributed by atoms with Gasteiger partial charge in [-0.2, -0.15) is 13.2 Å². The third kappa shape index (κ3) is 3.18. The van der Waals surface area contributed by atoms with E-state index in [2.05, 4.69) is 0 Å². The van der Waals surface area contributed by atoms with Gasteiger partial charge in [0.15, 0.2) is 5.78 Å². The molecule has 0 aliphatic rings. The van der Waals surface area contributed by atoms with Crippen LogP contribution in [0.25, 0.3) is 6.08 Å². The molecule has 86 valence electrons. The molecule has 0 saturated heterocycles. The Labute approximate surface area is 89.4 Å². The van der Waals surface area contributed by atoms with Gasteiger partial charge in [0.2, 0.25) is 0 Å². The highest BCUT2D eigenvalue weighted by Gasteiger charge is 2.30. The summed E-state index contributed by atoms with van der Waals surface area (Å²) in [5.74, 6) is -1.31. The standard InChI is InChI=1S/C11H8F4O/c1-7(16)2-3-8-4-5-9(6-10(8)12)11(13,14)15/h2-6H,1H3/b3-2+. The van der Waals surface area contributed by atoms with E-state index in [1.54, 1.807) is 0 Å². The summed E-state index contributed by atoms with van der Waals surface area (Å²) in [7, 11) is 0. The smallest absolute Gasteiger partial charge is 0.295 e. The van der Waals surface area contributed by atoms with Crippen molar-refractivity contribution in [2.24, 2.45) is 0 Å². The van der Waals surface area contributed by atoms with Gasteiger partial charge in [0.05, 0.1) is 5.56 Å². The lowest BCUT2D eigenvalue weighted by molar-refractivity contribution is -0.137. The fraction of sp³-hybridized carbons (Fsp3) is 0.182. The number of allylic oxidation sites excluding steroid dienone is 1. The Morgan fingerprint density at radius 2 is 1.94 bits per heavy atom. The largest absolute Gasteiger partial charge is 0.416 e. The topological polar surface area (TPSA) is 17.1 Å². The molecule has 5 heteroatoms. The van der Waals surface area contributed by atoms with E-state index >= 15 is 0 Å². The zero-order valence-corrected chi connectivity index (χ0v) is 8.31. The minimum atomic E-state index is -4.57. The molecule has 1 nitrogen and oxygen atoms in total. The van der Waals surface area contributed by atoms with E-state index in [1.165, 1.54) is 6.92 Å². The van der Waals surface area contributed by atoms with E-state index in [0.717, 1.165) is 24.3 Å². The Bertz CT molecular complexity index is 432. The Morgan fingerprint density at radius 1 is 1.31 bits per heavy atom. The highest BCUT2D eigenvalue weighted by atomic mass is 19.4. The minimum absolute atomic E-state index is 0.0526. The number of halogens is 4. The van der Waals surface area contributed by atoms with Crippen molar-refractivity contribution in [2.75, 3.05) is 0 Å². The molecule has 0 saturated carbocycles. The monoisotopic (exact) mass is 232 g/mol. The lowest BCUT2D eigenvalue weighted by Gasteiger charge is -2.07. The van der Waals surface area contributed by atoms with Crippen LogP contribution < -0.4 is 0 Å². The average Bonchev–Trinajstić information content (AvgIpc) is 2.14. The maximum absolute atomic E-state index is 13.2. The van der Waals surface area contributed by atoms with Gasteiger partial charge < -0.3 is 0 Å². The van der Waals surface area contributed by atoms with Crippen LogP contribution >= 0.6 is 0 Å². The van der Waals surface area contributed by atoms with E-state index in [-0.39, 0.29) is 11.3 Å². The molecule has 0 atom stereocenters. The van der Waals surface area contributed by atoms with Gasteiger partial charge in [0.1, 0.15) is 5.82 Å². The van der Waals surface area contributed by atoms with Crippen LogP contribution in [0.15, 0.2) is 24.3 Å². The number of benzene rings is 1. The normalized spacial score (nSPS) is 12.1. The molecule has 0 spiro atoms. The molecule has 0 aliphatic heterocycles. The van der Waals surface area contributed by atoms with Crippen LogP contribution in [0.1, 0.15) is 18.1 Å². The zero-order valence-electron chi connectivity index (χ0n) is 8.31. The summed E-state index contributed by atoms with van der Waals surface area (Å²) in [6, 6.07) is 2.15. The molecule has 1 aromatic carbocycles. The molecular formula is C11H8F4O. The second kappa shape index (κ2) is 4.47. The molecular weight excluding hydrogens is 224 g/mol. The molecule has 0 radical (unpaired) electrons. The van der Waals surface area contributed by atoms with Crippen molar-refractivity contribution >= 4 is 11.9 Å². The van der Waals surface area contributed by atoms with Crippen molar-refractivity contribution in [1.29, 1.82) is 0 Å². The maximum Gasteiger partial charge on any atom is 0.416 e. The van der Waals surface area contributed by atoms with Crippen LogP contribution in [-0.2, 0) is 11.0 Å². The first-order chi connectivity index (χ1) is 7.30. The fourth-order valence-electron chi connectivity index (χ4n) is 1.05. The van der Waals surface area contributed by atoms with E-state index in [1.807, 2.05) is 0 Å². The number of rotatable bonds is 2. The van der Waals surface area contributed by atoms with Crippen molar-refractivity contribution in [3.05, 3.63) is 41.2 Å². The SMILES string of the molecule is CC(=O)/C=C/c1ccc(C(F)(F)F)cc1F. The van der Waals surface area contributed by atoms with Crippen LogP contribution in [-0.4, -0.2) is 5.78 Å². The first-order valence-electron chi connectivity index (χ1n) is 4.36. The van der Waals surface area contributed by atoms with Crippen LogP contribution in [0.4, 0.5) is 17.6 Å². The summed E-state index contributed by atoms with van der Waals surface area (Å²) >= 11 is 0. The van der Waals surface area contributed by atoms with Crippen LogP contribution in [0.2, 0.25) is 0 Å². The molecule has 0 heterocycles. The maximum atomic E-state index is 13.2. The molecule has 0 aromatic heterocycles. The number of carbonyl (C=O) groups is 1. The van der Waals surface area contributed by atoms with Crippen LogP contribution in [0, 0.1) is 5.82 Å². The van der Waals surface area contributed by atoms with Crippen LogP contribution in [0.5, 0.6) is 0 Å². The van der Waals surface area contributed by atoms with E-state index < -0.39 is 17.6 Å². The predicted molar refractivity (Wildman–Crippen MR) is 51.1 cm³/mol. The molecule has 0 unspecified atom stereocenters. The second-order valence-electron chi connectivity index (χ2n) is 3.18. The van der Waals surface area contributed by atoms with Crippen molar-refractivity contribution in [3.8, 4) is 0 Å². The fourth-order valence-corrected chi connectivity index (χ4v) is 1.05. The van der Waals surface area contributed by atoms with E-state index in [4.69, 9.17) is 0 Å². The van der Waals surface area contributed by atoms with Gasteiger partial charge in [0.25, 0.3) is 0 Å². The first-order valence-corrected chi connectivity index (χ1v) is 4.36. The predicted octanol–water partition coefficient (Wildman–Crippen LogP) is 3.45. The third-order valence-electron chi connectivity index (χ3n) is 1.83. The van der Waals surface area contributed by atoms with Gasteiger partial charge in [-0.05, 0) is 31.2 Å². The highest BCUT2D eigenvalue weighted by molar-refractivity contribution is 5.91. The minimum Gasteiger partial charge on any atom is -0.295 e. The number of alkyl halides is 3. The molecule has 1 rings (SSSR count). The summed E-state index contributed by atoms with van der Waals surface area (Å²) in [6.07, 6.45) is -2.34. The average molecular weight is 232 g/mol. The Balaban J connectivity index is 3.05. The molecule has 0 fully saturated rings. The Morgan fingerprint density at radius 3 is 2.38 bits per heavy atom. The molecule has 16 heavy (non-hydrogen) atoms. The van der Waals surface area contributed by atoms with Crippen molar-refractivity contribution in [2.45, 2.75) is 13.1 Å². The summed E-state index contributed by atoms with van der Waals surface area (Å²) in [6.45, 7) is 1.26. The molecule has 0 bridgehead atoms. The number of hydrogen-bond donors (Lipinski definition) is 0. The zero-order chi connectivity index (χ0) is 12.3. The summed E-state index contributed by atoms with van der Waals surface area (Å²) < 4.78 is 49.7. The number of hydrogen-bond acceptors (Lipinski definition) is 1. The summed E-state index contributed by atoms with van der Waals surface area (Å²) in [5, 5.41) is 0. The van der Waals surface area contributed by atoms with Crippen molar-refractivity contribution in [1.82, 2.24) is 0 Å². The Kier molecular flexibility index (Phi) is 3.47. The van der Waals surface area contributed by atoms with Gasteiger partial charge >= 0.3 is 6.18 Å². The van der Waals surface area contributed by atoms with E-state index in [0.29, 0.717) is 6.07 Å². The van der Waals surface area contributed by atoms with Gasteiger partial charge in [0, 0.05) is 5.56 Å². The molecule has 0 N–H and O–H groups in total. The first kappa shape index (κ1) is 12.4. The van der Waals surface area contributed by atoms with Gasteiger partial charge in [-0.1, -0.05) is 6.07 Å². The van der Waals surface area contributed by atoms with Gasteiger partial charge in [-0.15, -0.1) is 0 Å². The highest BCUT2D eigenvalue weighted by Crippen LogP contribution is 2.30. The van der Waals surface area contributed by atoms with E-state index in [9.17, 15) is 22.4 Å². The number of ketones is 1. The Hall–Kier alpha value is -1.65. The van der Waals surface area contributed by atoms with Gasteiger partial charge in [-0.25, -0.2) is 4.39 Å². The van der Waals surface area contributed by atoms with Crippen molar-refractivity contribution in [3.63, 3.8) is 0 Å². The van der Waals surface area contributed by atoms with Crippen LogP contribution in [0.3, 0.4) is 0 Å². The lowest BCUT2D eigenvalue weighted by Crippen LogP contribution is -2.05. The molecule has 1 aromatic rings. The summed E-state index contributed by atoms with van der Waals surface area (Å²) in [5.41, 5.74) is -1.10. The van der Waals surface area contributed by atoms with Gasteiger partial charge in [-0.3, -0.25) is 4.79 Å².